The molecule has 0 N–H and O–H groups in total. The fourth-order valence-electron chi connectivity index (χ4n) is 4.91. The van der Waals surface area contributed by atoms with E-state index in [1.807, 2.05) is 18.2 Å². The Morgan fingerprint density at radius 3 is 2.06 bits per heavy atom. The van der Waals surface area contributed by atoms with Crippen molar-refractivity contribution in [3.8, 4) is 0 Å². The van der Waals surface area contributed by atoms with E-state index < -0.39 is 0 Å². The highest BCUT2D eigenvalue weighted by Gasteiger charge is 2.30. The molecule has 3 heteroatoms. The highest BCUT2D eigenvalue weighted by Crippen LogP contribution is 2.30. The quantitative estimate of drug-likeness (QED) is 0.257. The number of carbonyl (C=O) groups excluding carboxylic acids is 1. The zero-order valence-corrected chi connectivity index (χ0v) is 23.2. The first-order valence-corrected chi connectivity index (χ1v) is 13.3. The Morgan fingerprint density at radius 2 is 1.44 bits per heavy atom. The molecule has 0 fully saturated rings. The molecule has 0 bridgehead atoms. The van der Waals surface area contributed by atoms with Gasteiger partial charge < -0.3 is 4.74 Å². The summed E-state index contributed by atoms with van der Waals surface area (Å²) in [6, 6.07) is 23.3. The first-order chi connectivity index (χ1) is 17.2. The minimum Gasteiger partial charge on any atom is -0.456 e. The van der Waals surface area contributed by atoms with E-state index in [1.54, 1.807) is 0 Å². The Labute approximate surface area is 218 Å². The van der Waals surface area contributed by atoms with Gasteiger partial charge in [-0.1, -0.05) is 92.6 Å². The van der Waals surface area contributed by atoms with Crippen molar-refractivity contribution in [3.05, 3.63) is 106 Å². The Hall–Kier alpha value is -2.91. The van der Waals surface area contributed by atoms with Crippen LogP contribution in [0.2, 0.25) is 0 Å². The fourth-order valence-corrected chi connectivity index (χ4v) is 4.91. The molecule has 0 aliphatic rings. The van der Waals surface area contributed by atoms with Crippen molar-refractivity contribution in [3.63, 3.8) is 0 Å². The monoisotopic (exact) mass is 485 g/mol. The highest BCUT2D eigenvalue weighted by molar-refractivity contribution is 5.70. The molecule has 3 aromatic carbocycles. The number of benzene rings is 3. The number of carbonyl (C=O) groups is 1. The van der Waals surface area contributed by atoms with Gasteiger partial charge in [-0.2, -0.15) is 0 Å². The van der Waals surface area contributed by atoms with Crippen LogP contribution in [-0.4, -0.2) is 16.9 Å². The topological polar surface area (TPSA) is 29.5 Å². The van der Waals surface area contributed by atoms with Gasteiger partial charge in [-0.15, -0.1) is 0 Å². The molecule has 36 heavy (non-hydrogen) atoms. The van der Waals surface area contributed by atoms with Crippen LogP contribution in [0.25, 0.3) is 0 Å². The van der Waals surface area contributed by atoms with E-state index >= 15 is 0 Å². The molecule has 3 atom stereocenters. The number of hydrogen-bond acceptors (Lipinski definition) is 3. The maximum atomic E-state index is 13.0. The van der Waals surface area contributed by atoms with E-state index in [0.29, 0.717) is 12.3 Å². The van der Waals surface area contributed by atoms with Gasteiger partial charge in [0.2, 0.25) is 0 Å². The number of nitrogens with zero attached hydrogens (tertiary/aromatic N) is 1. The molecule has 3 nitrogen and oxygen atoms in total. The third-order valence-electron chi connectivity index (χ3n) is 7.45. The van der Waals surface area contributed by atoms with Crippen LogP contribution in [0, 0.1) is 33.6 Å². The lowest BCUT2D eigenvalue weighted by atomic mass is 9.96. The largest absolute Gasteiger partial charge is 0.456 e. The second-order valence-corrected chi connectivity index (χ2v) is 10.5. The van der Waals surface area contributed by atoms with Gasteiger partial charge in [0.1, 0.15) is 6.10 Å². The van der Waals surface area contributed by atoms with Gasteiger partial charge in [-0.3, -0.25) is 9.69 Å². The SMILES string of the molecule is CC[C@H](C)CC(=O)O[C@H](c1ccccc1)[C@H](C)N(Cc1ccccc1C)Cc1c(C)cc(C)cc1C. The van der Waals surface area contributed by atoms with Gasteiger partial charge in [0, 0.05) is 25.6 Å². The van der Waals surface area contributed by atoms with Crippen LogP contribution in [-0.2, 0) is 22.6 Å². The van der Waals surface area contributed by atoms with Crippen molar-refractivity contribution in [1.29, 1.82) is 0 Å². The number of rotatable bonds is 11. The summed E-state index contributed by atoms with van der Waals surface area (Å²) in [5.74, 6) is 0.189. The second-order valence-electron chi connectivity index (χ2n) is 10.5. The summed E-state index contributed by atoms with van der Waals surface area (Å²) in [4.78, 5) is 15.5. The molecule has 0 saturated carbocycles. The van der Waals surface area contributed by atoms with E-state index in [4.69, 9.17) is 4.74 Å². The van der Waals surface area contributed by atoms with Crippen LogP contribution in [0.5, 0.6) is 0 Å². The normalized spacial score (nSPS) is 13.9. The Balaban J connectivity index is 2.00. The average Bonchev–Trinajstić information content (AvgIpc) is 2.85. The van der Waals surface area contributed by atoms with Crippen molar-refractivity contribution in [2.75, 3.05) is 0 Å². The first-order valence-electron chi connectivity index (χ1n) is 13.3. The minimum atomic E-state index is -0.349. The number of esters is 1. The molecule has 3 aromatic rings. The molecule has 0 amide bonds. The van der Waals surface area contributed by atoms with E-state index in [9.17, 15) is 4.79 Å². The lowest BCUT2D eigenvalue weighted by molar-refractivity contribution is -0.154. The van der Waals surface area contributed by atoms with Crippen molar-refractivity contribution in [1.82, 2.24) is 4.90 Å². The van der Waals surface area contributed by atoms with Gasteiger partial charge in [-0.05, 0) is 73.9 Å². The van der Waals surface area contributed by atoms with Gasteiger partial charge in [0.25, 0.3) is 0 Å². The van der Waals surface area contributed by atoms with Gasteiger partial charge in [0.05, 0.1) is 0 Å². The minimum absolute atomic E-state index is 0.0204. The van der Waals surface area contributed by atoms with E-state index in [1.165, 1.54) is 33.4 Å². The zero-order valence-electron chi connectivity index (χ0n) is 23.2. The van der Waals surface area contributed by atoms with Crippen molar-refractivity contribution >= 4 is 5.97 Å². The maximum Gasteiger partial charge on any atom is 0.306 e. The van der Waals surface area contributed by atoms with E-state index in [0.717, 1.165) is 25.1 Å². The van der Waals surface area contributed by atoms with Gasteiger partial charge in [-0.25, -0.2) is 0 Å². The summed E-state index contributed by atoms with van der Waals surface area (Å²) in [6.07, 6.45) is 1.06. The Morgan fingerprint density at radius 1 is 0.833 bits per heavy atom. The molecular formula is C33H43NO2. The van der Waals surface area contributed by atoms with E-state index in [-0.39, 0.29) is 18.1 Å². The van der Waals surface area contributed by atoms with Crippen molar-refractivity contribution < 1.29 is 9.53 Å². The van der Waals surface area contributed by atoms with Crippen LogP contribution >= 0.6 is 0 Å². The maximum absolute atomic E-state index is 13.0. The average molecular weight is 486 g/mol. The summed E-state index contributed by atoms with van der Waals surface area (Å²) in [5.41, 5.74) is 8.85. The summed E-state index contributed by atoms with van der Waals surface area (Å²) >= 11 is 0. The Kier molecular flexibility index (Phi) is 9.89. The lowest BCUT2D eigenvalue weighted by Gasteiger charge is -2.36. The number of ether oxygens (including phenoxy) is 1. The van der Waals surface area contributed by atoms with Crippen LogP contribution in [0.3, 0.4) is 0 Å². The molecule has 0 spiro atoms. The molecule has 3 rings (SSSR count). The molecule has 0 radical (unpaired) electrons. The summed E-state index contributed by atoms with van der Waals surface area (Å²) < 4.78 is 6.26. The van der Waals surface area contributed by atoms with Gasteiger partial charge >= 0.3 is 5.97 Å². The van der Waals surface area contributed by atoms with E-state index in [2.05, 4.69) is 102 Å². The van der Waals surface area contributed by atoms with Gasteiger partial charge in [0.15, 0.2) is 0 Å². The zero-order chi connectivity index (χ0) is 26.2. The van der Waals surface area contributed by atoms with Crippen molar-refractivity contribution in [2.45, 2.75) is 86.5 Å². The van der Waals surface area contributed by atoms with Crippen molar-refractivity contribution in [2.24, 2.45) is 5.92 Å². The first kappa shape index (κ1) is 27.7. The standard InChI is InChI=1S/C33H43NO2/c1-8-23(2)20-32(35)36-33(29-15-10-9-11-16-29)28(7)34(21-30-17-13-12-14-25(30)4)22-31-26(5)18-24(3)19-27(31)6/h9-19,23,28,33H,8,20-22H2,1-7H3/t23-,28-,33-/m0/s1. The molecule has 0 aliphatic heterocycles. The molecule has 0 aromatic heterocycles. The number of hydrogen-bond donors (Lipinski definition) is 0. The van der Waals surface area contributed by atoms with Crippen LogP contribution < -0.4 is 0 Å². The predicted octanol–water partition coefficient (Wildman–Crippen LogP) is 8.03. The lowest BCUT2D eigenvalue weighted by Crippen LogP contribution is -2.39. The fraction of sp³-hybridized carbons (Fsp3) is 0.424. The Bertz CT molecular complexity index is 1110. The molecular weight excluding hydrogens is 442 g/mol. The van der Waals surface area contributed by atoms with Crippen LogP contribution in [0.1, 0.15) is 78.7 Å². The molecule has 0 aliphatic carbocycles. The molecule has 192 valence electrons. The predicted molar refractivity (Wildman–Crippen MR) is 150 cm³/mol. The smallest absolute Gasteiger partial charge is 0.306 e. The van der Waals surface area contributed by atoms with Crippen LogP contribution in [0.15, 0.2) is 66.7 Å². The second kappa shape index (κ2) is 12.9. The summed E-state index contributed by atoms with van der Waals surface area (Å²) in [5, 5.41) is 0. The number of aryl methyl sites for hydroxylation is 4. The highest BCUT2D eigenvalue weighted by atomic mass is 16.5. The van der Waals surface area contributed by atoms with Crippen LogP contribution in [0.4, 0.5) is 0 Å². The molecule has 0 heterocycles. The molecule has 0 unspecified atom stereocenters. The third kappa shape index (κ3) is 7.30. The molecule has 0 saturated heterocycles. The summed E-state index contributed by atoms with van der Waals surface area (Å²) in [7, 11) is 0. The summed E-state index contributed by atoms with van der Waals surface area (Å²) in [6.45, 7) is 16.7. The third-order valence-corrected chi connectivity index (χ3v) is 7.45.